The second-order valence-corrected chi connectivity index (χ2v) is 4.01. The van der Waals surface area contributed by atoms with E-state index in [1.54, 1.807) is 0 Å². The van der Waals surface area contributed by atoms with Gasteiger partial charge in [-0.3, -0.25) is 4.79 Å². The van der Waals surface area contributed by atoms with Crippen molar-refractivity contribution in [3.63, 3.8) is 0 Å². The van der Waals surface area contributed by atoms with Crippen molar-refractivity contribution in [2.45, 2.75) is 26.2 Å². The first kappa shape index (κ1) is 17.3. The number of carboxylic acids is 1. The van der Waals surface area contributed by atoms with Gasteiger partial charge in [0.2, 0.25) is 0 Å². The SMILES string of the molecule is C#CCN(CC(=O)O)C(=O)NCCCOCCCC. The zero-order valence-corrected chi connectivity index (χ0v) is 11.4. The van der Waals surface area contributed by atoms with E-state index < -0.39 is 18.5 Å². The molecule has 0 bridgehead atoms. The van der Waals surface area contributed by atoms with Gasteiger partial charge in [0.05, 0.1) is 6.54 Å². The largest absolute Gasteiger partial charge is 0.480 e. The van der Waals surface area contributed by atoms with Crippen LogP contribution in [-0.4, -0.2) is 54.9 Å². The molecule has 2 amide bonds. The van der Waals surface area contributed by atoms with Crippen molar-refractivity contribution in [1.82, 2.24) is 10.2 Å². The summed E-state index contributed by atoms with van der Waals surface area (Å²) in [7, 11) is 0. The number of carbonyl (C=O) groups is 2. The molecule has 0 fully saturated rings. The molecule has 0 aliphatic rings. The Bertz CT molecular complexity index is 312. The van der Waals surface area contributed by atoms with Crippen LogP contribution in [0.15, 0.2) is 0 Å². The van der Waals surface area contributed by atoms with Crippen LogP contribution in [-0.2, 0) is 9.53 Å². The van der Waals surface area contributed by atoms with E-state index in [-0.39, 0.29) is 6.54 Å². The van der Waals surface area contributed by atoms with E-state index in [9.17, 15) is 9.59 Å². The van der Waals surface area contributed by atoms with Crippen LogP contribution in [0.1, 0.15) is 26.2 Å². The lowest BCUT2D eigenvalue weighted by Crippen LogP contribution is -2.43. The molecule has 0 aliphatic carbocycles. The number of unbranched alkanes of at least 4 members (excludes halogenated alkanes) is 1. The molecule has 108 valence electrons. The summed E-state index contributed by atoms with van der Waals surface area (Å²) in [6.07, 6.45) is 7.89. The normalized spacial score (nSPS) is 9.68. The maximum atomic E-state index is 11.6. The number of carbonyl (C=O) groups excluding carboxylic acids is 1. The molecule has 19 heavy (non-hydrogen) atoms. The highest BCUT2D eigenvalue weighted by Gasteiger charge is 2.14. The first-order valence-electron chi connectivity index (χ1n) is 6.37. The topological polar surface area (TPSA) is 78.9 Å². The third-order valence-electron chi connectivity index (χ3n) is 2.28. The summed E-state index contributed by atoms with van der Waals surface area (Å²) >= 11 is 0. The average molecular weight is 270 g/mol. The van der Waals surface area contributed by atoms with Crippen molar-refractivity contribution in [3.05, 3.63) is 0 Å². The molecular weight excluding hydrogens is 248 g/mol. The number of aliphatic carboxylic acids is 1. The van der Waals surface area contributed by atoms with E-state index in [4.69, 9.17) is 16.3 Å². The average Bonchev–Trinajstić information content (AvgIpc) is 2.36. The van der Waals surface area contributed by atoms with Gasteiger partial charge in [0.25, 0.3) is 0 Å². The molecule has 0 aliphatic heterocycles. The molecule has 0 saturated heterocycles. The van der Waals surface area contributed by atoms with Gasteiger partial charge in [0, 0.05) is 19.8 Å². The first-order chi connectivity index (χ1) is 9.11. The van der Waals surface area contributed by atoms with Gasteiger partial charge in [0.15, 0.2) is 0 Å². The Balaban J connectivity index is 3.75. The molecule has 0 unspecified atom stereocenters. The Morgan fingerprint density at radius 3 is 2.63 bits per heavy atom. The molecule has 0 aromatic rings. The van der Waals surface area contributed by atoms with Gasteiger partial charge >= 0.3 is 12.0 Å². The standard InChI is InChI=1S/C13H22N2O4/c1-3-5-9-19-10-6-7-14-13(18)15(8-4-2)11-12(16)17/h2H,3,5-11H2,1H3,(H,14,18)(H,16,17). The van der Waals surface area contributed by atoms with Gasteiger partial charge in [-0.25, -0.2) is 4.79 Å². The van der Waals surface area contributed by atoms with Crippen molar-refractivity contribution < 1.29 is 19.4 Å². The minimum atomic E-state index is -1.09. The smallest absolute Gasteiger partial charge is 0.323 e. The number of hydrogen-bond acceptors (Lipinski definition) is 3. The van der Waals surface area contributed by atoms with Crippen molar-refractivity contribution in [1.29, 1.82) is 0 Å². The molecule has 0 aromatic heterocycles. The molecule has 6 nitrogen and oxygen atoms in total. The number of terminal acetylenes is 1. The monoisotopic (exact) mass is 270 g/mol. The summed E-state index contributed by atoms with van der Waals surface area (Å²) in [5.41, 5.74) is 0. The lowest BCUT2D eigenvalue weighted by Gasteiger charge is -2.18. The summed E-state index contributed by atoms with van der Waals surface area (Å²) in [6.45, 7) is 3.41. The third-order valence-corrected chi connectivity index (χ3v) is 2.28. The molecule has 0 aromatic carbocycles. The van der Waals surface area contributed by atoms with E-state index in [0.717, 1.165) is 24.3 Å². The molecule has 0 saturated carbocycles. The molecule has 0 heterocycles. The van der Waals surface area contributed by atoms with Gasteiger partial charge in [-0.2, -0.15) is 0 Å². The number of urea groups is 1. The highest BCUT2D eigenvalue weighted by atomic mass is 16.5. The number of rotatable bonds is 10. The van der Waals surface area contributed by atoms with E-state index in [2.05, 4.69) is 18.2 Å². The maximum Gasteiger partial charge on any atom is 0.323 e. The number of nitrogens with zero attached hydrogens (tertiary/aromatic N) is 1. The van der Waals surface area contributed by atoms with Crippen LogP contribution in [0.3, 0.4) is 0 Å². The lowest BCUT2D eigenvalue weighted by atomic mass is 10.4. The highest BCUT2D eigenvalue weighted by molar-refractivity contribution is 5.80. The van der Waals surface area contributed by atoms with Crippen LogP contribution in [0.4, 0.5) is 4.79 Å². The summed E-state index contributed by atoms with van der Waals surface area (Å²) in [5, 5.41) is 11.3. The minimum absolute atomic E-state index is 0.0227. The summed E-state index contributed by atoms with van der Waals surface area (Å²) < 4.78 is 5.34. The van der Waals surface area contributed by atoms with Crippen molar-refractivity contribution >= 4 is 12.0 Å². The van der Waals surface area contributed by atoms with Gasteiger partial charge in [0.1, 0.15) is 6.54 Å². The number of carboxylic acid groups (broad SMARTS) is 1. The van der Waals surface area contributed by atoms with Gasteiger partial charge < -0.3 is 20.1 Å². The van der Waals surface area contributed by atoms with Crippen LogP contribution in [0, 0.1) is 12.3 Å². The quantitative estimate of drug-likeness (QED) is 0.457. The number of hydrogen-bond donors (Lipinski definition) is 2. The number of amides is 2. The molecule has 2 N–H and O–H groups in total. The number of ether oxygens (including phenoxy) is 1. The predicted octanol–water partition coefficient (Wildman–Crippen LogP) is 0.923. The fraction of sp³-hybridized carbons (Fsp3) is 0.692. The van der Waals surface area contributed by atoms with Crippen molar-refractivity contribution in [3.8, 4) is 12.3 Å². The zero-order valence-electron chi connectivity index (χ0n) is 11.4. The molecular formula is C13H22N2O4. The fourth-order valence-electron chi connectivity index (χ4n) is 1.30. The van der Waals surface area contributed by atoms with Crippen molar-refractivity contribution in [2.24, 2.45) is 0 Å². The highest BCUT2D eigenvalue weighted by Crippen LogP contribution is 1.91. The van der Waals surface area contributed by atoms with Crippen LogP contribution in [0.2, 0.25) is 0 Å². The van der Waals surface area contributed by atoms with E-state index in [1.807, 2.05) is 0 Å². The number of nitrogens with one attached hydrogen (secondary N) is 1. The molecule has 0 spiro atoms. The lowest BCUT2D eigenvalue weighted by molar-refractivity contribution is -0.137. The van der Waals surface area contributed by atoms with Gasteiger partial charge in [-0.05, 0) is 12.8 Å². The van der Waals surface area contributed by atoms with E-state index >= 15 is 0 Å². The molecule has 0 radical (unpaired) electrons. The molecule has 6 heteroatoms. The summed E-state index contributed by atoms with van der Waals surface area (Å²) in [6, 6.07) is -0.464. The van der Waals surface area contributed by atoms with Crippen LogP contribution >= 0.6 is 0 Å². The van der Waals surface area contributed by atoms with Crippen molar-refractivity contribution in [2.75, 3.05) is 32.8 Å². The summed E-state index contributed by atoms with van der Waals surface area (Å²) in [4.78, 5) is 23.2. The van der Waals surface area contributed by atoms with E-state index in [0.29, 0.717) is 19.6 Å². The molecule has 0 rings (SSSR count). The second-order valence-electron chi connectivity index (χ2n) is 4.01. The molecule has 0 atom stereocenters. The Hall–Kier alpha value is -1.74. The fourth-order valence-corrected chi connectivity index (χ4v) is 1.30. The maximum absolute atomic E-state index is 11.6. The van der Waals surface area contributed by atoms with Gasteiger partial charge in [-0.15, -0.1) is 6.42 Å². The van der Waals surface area contributed by atoms with E-state index in [1.165, 1.54) is 0 Å². The Morgan fingerprint density at radius 1 is 1.37 bits per heavy atom. The van der Waals surface area contributed by atoms with Crippen LogP contribution in [0.25, 0.3) is 0 Å². The second kappa shape index (κ2) is 11.4. The van der Waals surface area contributed by atoms with Gasteiger partial charge in [-0.1, -0.05) is 19.3 Å². The Labute approximate surface area is 114 Å². The van der Waals surface area contributed by atoms with Crippen LogP contribution < -0.4 is 5.32 Å². The first-order valence-corrected chi connectivity index (χ1v) is 6.37. The Morgan fingerprint density at radius 2 is 2.05 bits per heavy atom. The zero-order chi connectivity index (χ0) is 14.5. The summed E-state index contributed by atoms with van der Waals surface area (Å²) in [5.74, 6) is 1.17. The predicted molar refractivity (Wildman–Crippen MR) is 71.8 cm³/mol. The third kappa shape index (κ3) is 9.92. The van der Waals surface area contributed by atoms with Crippen LogP contribution in [0.5, 0.6) is 0 Å². The Kier molecular flexibility index (Phi) is 10.3. The minimum Gasteiger partial charge on any atom is -0.480 e.